The molecule has 1 unspecified atom stereocenters. The zero-order valence-electron chi connectivity index (χ0n) is 19.1. The molecule has 9 nitrogen and oxygen atoms in total. The predicted octanol–water partition coefficient (Wildman–Crippen LogP) is 1.76. The van der Waals surface area contributed by atoms with Crippen molar-refractivity contribution < 1.29 is 14.3 Å². The fraction of sp³-hybridized carbons (Fsp3) is 0.696. The van der Waals surface area contributed by atoms with Gasteiger partial charge in [0, 0.05) is 44.7 Å². The summed E-state index contributed by atoms with van der Waals surface area (Å²) < 4.78 is 5.37. The number of ether oxygens (including phenoxy) is 1. The molecule has 3 fully saturated rings. The van der Waals surface area contributed by atoms with Gasteiger partial charge in [-0.1, -0.05) is 6.92 Å². The van der Waals surface area contributed by atoms with Gasteiger partial charge in [-0.3, -0.25) is 9.69 Å². The van der Waals surface area contributed by atoms with Crippen LogP contribution in [-0.4, -0.2) is 91.8 Å². The summed E-state index contributed by atoms with van der Waals surface area (Å²) in [7, 11) is 0. The summed E-state index contributed by atoms with van der Waals surface area (Å²) in [6.45, 7) is 9.36. The minimum Gasteiger partial charge on any atom is -0.378 e. The molecule has 4 rings (SSSR count). The molecule has 176 valence electrons. The number of likely N-dealkylation sites (tertiary alicyclic amines) is 2. The van der Waals surface area contributed by atoms with Crippen LogP contribution in [0.1, 0.15) is 32.6 Å². The zero-order chi connectivity index (χ0) is 22.3. The molecule has 9 heteroatoms. The molecule has 1 atom stereocenters. The Labute approximate surface area is 190 Å². The van der Waals surface area contributed by atoms with Crippen molar-refractivity contribution in [3.8, 4) is 0 Å². The van der Waals surface area contributed by atoms with E-state index in [0.717, 1.165) is 45.0 Å². The normalized spacial score (nSPS) is 22.7. The molecular formula is C23H36N6O3. The van der Waals surface area contributed by atoms with Crippen LogP contribution in [0, 0.1) is 5.92 Å². The third kappa shape index (κ3) is 5.69. The smallest absolute Gasteiger partial charge is 0.321 e. The number of nitrogens with zero attached hydrogens (tertiary/aromatic N) is 4. The number of rotatable bonds is 6. The number of amides is 3. The van der Waals surface area contributed by atoms with Crippen LogP contribution in [0.15, 0.2) is 18.3 Å². The van der Waals surface area contributed by atoms with Crippen molar-refractivity contribution in [1.29, 1.82) is 0 Å². The molecule has 0 aliphatic carbocycles. The van der Waals surface area contributed by atoms with Crippen LogP contribution in [0.4, 0.5) is 16.3 Å². The molecule has 1 aromatic rings. The third-order valence-corrected chi connectivity index (χ3v) is 6.90. The summed E-state index contributed by atoms with van der Waals surface area (Å²) in [5.41, 5.74) is 0.684. The summed E-state index contributed by atoms with van der Waals surface area (Å²) in [6.07, 6.45) is 5.49. The van der Waals surface area contributed by atoms with E-state index in [1.165, 1.54) is 6.42 Å². The first-order valence-corrected chi connectivity index (χ1v) is 12.0. The molecule has 4 heterocycles. The minimum atomic E-state index is -0.130. The monoisotopic (exact) mass is 444 g/mol. The van der Waals surface area contributed by atoms with Gasteiger partial charge in [0.1, 0.15) is 5.82 Å². The standard InChI is InChI=1S/C23H36N6O3/c1-2-27-9-3-4-20(27)17-25-22(30)18-7-10-29(11-8-18)23(31)26-19-5-6-21(24-16-19)28-12-14-32-15-13-28/h5-6,16,18,20H,2-4,7-15,17H2,1H3,(H,25,30)(H,26,31). The third-order valence-electron chi connectivity index (χ3n) is 6.90. The van der Waals surface area contributed by atoms with Gasteiger partial charge in [0.15, 0.2) is 0 Å². The maximum Gasteiger partial charge on any atom is 0.321 e. The van der Waals surface area contributed by atoms with Gasteiger partial charge in [0.05, 0.1) is 25.1 Å². The quantitative estimate of drug-likeness (QED) is 0.695. The Morgan fingerprint density at radius 2 is 1.88 bits per heavy atom. The van der Waals surface area contributed by atoms with Crippen LogP contribution in [0.25, 0.3) is 0 Å². The number of carbonyl (C=O) groups excluding carboxylic acids is 2. The molecule has 0 bridgehead atoms. The second kappa shape index (κ2) is 11.0. The predicted molar refractivity (Wildman–Crippen MR) is 124 cm³/mol. The number of piperidine rings is 1. The van der Waals surface area contributed by atoms with Gasteiger partial charge < -0.3 is 25.2 Å². The first kappa shape index (κ1) is 22.8. The van der Waals surface area contributed by atoms with E-state index in [4.69, 9.17) is 4.74 Å². The maximum absolute atomic E-state index is 12.7. The maximum atomic E-state index is 12.7. The minimum absolute atomic E-state index is 0.00926. The second-order valence-corrected chi connectivity index (χ2v) is 8.87. The lowest BCUT2D eigenvalue weighted by Gasteiger charge is -2.32. The van der Waals surface area contributed by atoms with Crippen LogP contribution in [-0.2, 0) is 9.53 Å². The zero-order valence-corrected chi connectivity index (χ0v) is 19.1. The van der Waals surface area contributed by atoms with E-state index < -0.39 is 0 Å². The Morgan fingerprint density at radius 3 is 2.56 bits per heavy atom. The van der Waals surface area contributed by atoms with Crippen LogP contribution >= 0.6 is 0 Å². The van der Waals surface area contributed by atoms with E-state index >= 15 is 0 Å². The van der Waals surface area contributed by atoms with Gasteiger partial charge in [-0.05, 0) is 50.9 Å². The highest BCUT2D eigenvalue weighted by Crippen LogP contribution is 2.21. The molecule has 3 saturated heterocycles. The number of nitrogens with one attached hydrogen (secondary N) is 2. The van der Waals surface area contributed by atoms with E-state index in [0.29, 0.717) is 50.9 Å². The van der Waals surface area contributed by atoms with Crippen LogP contribution < -0.4 is 15.5 Å². The van der Waals surface area contributed by atoms with E-state index in [1.54, 1.807) is 11.1 Å². The van der Waals surface area contributed by atoms with Crippen LogP contribution in [0.2, 0.25) is 0 Å². The number of carbonyl (C=O) groups is 2. The Hall–Kier alpha value is -2.39. The fourth-order valence-corrected chi connectivity index (χ4v) is 4.89. The SMILES string of the molecule is CCN1CCCC1CNC(=O)C1CCN(C(=O)Nc2ccc(N3CCOCC3)nc2)CC1. The molecule has 32 heavy (non-hydrogen) atoms. The van der Waals surface area contributed by atoms with Crippen molar-refractivity contribution >= 4 is 23.4 Å². The van der Waals surface area contributed by atoms with Crippen LogP contribution in [0.3, 0.4) is 0 Å². The lowest BCUT2D eigenvalue weighted by atomic mass is 9.96. The fourth-order valence-electron chi connectivity index (χ4n) is 4.89. The van der Waals surface area contributed by atoms with Crippen molar-refractivity contribution in [2.45, 2.75) is 38.6 Å². The van der Waals surface area contributed by atoms with E-state index in [9.17, 15) is 9.59 Å². The van der Waals surface area contributed by atoms with Gasteiger partial charge in [0.25, 0.3) is 0 Å². The first-order chi connectivity index (χ1) is 15.6. The average Bonchev–Trinajstić information content (AvgIpc) is 3.31. The Bertz CT molecular complexity index is 760. The van der Waals surface area contributed by atoms with Crippen molar-refractivity contribution in [3.05, 3.63) is 18.3 Å². The van der Waals surface area contributed by atoms with Crippen molar-refractivity contribution in [1.82, 2.24) is 20.1 Å². The highest BCUT2D eigenvalue weighted by atomic mass is 16.5. The van der Waals surface area contributed by atoms with Crippen LogP contribution in [0.5, 0.6) is 0 Å². The Kier molecular flexibility index (Phi) is 7.81. The lowest BCUT2D eigenvalue weighted by Crippen LogP contribution is -2.46. The Balaban J connectivity index is 1.19. The van der Waals surface area contributed by atoms with Crippen molar-refractivity contribution in [3.63, 3.8) is 0 Å². The summed E-state index contributed by atoms with van der Waals surface area (Å²) >= 11 is 0. The molecule has 0 radical (unpaired) electrons. The summed E-state index contributed by atoms with van der Waals surface area (Å²) in [5, 5.41) is 6.09. The number of urea groups is 1. The molecular weight excluding hydrogens is 408 g/mol. The number of likely N-dealkylation sites (N-methyl/N-ethyl adjacent to an activating group) is 1. The molecule has 3 aliphatic rings. The van der Waals surface area contributed by atoms with E-state index in [-0.39, 0.29) is 17.9 Å². The first-order valence-electron chi connectivity index (χ1n) is 12.0. The van der Waals surface area contributed by atoms with E-state index in [1.807, 2.05) is 12.1 Å². The largest absolute Gasteiger partial charge is 0.378 e. The highest BCUT2D eigenvalue weighted by Gasteiger charge is 2.29. The number of hydrogen-bond acceptors (Lipinski definition) is 6. The number of anilines is 2. The molecule has 3 aliphatic heterocycles. The highest BCUT2D eigenvalue weighted by molar-refractivity contribution is 5.89. The number of pyridine rings is 1. The van der Waals surface area contributed by atoms with E-state index in [2.05, 4.69) is 32.3 Å². The topological polar surface area (TPSA) is 90.0 Å². The van der Waals surface area contributed by atoms with Crippen molar-refractivity contribution in [2.24, 2.45) is 5.92 Å². The summed E-state index contributed by atoms with van der Waals surface area (Å²) in [5.74, 6) is 1.03. The van der Waals surface area contributed by atoms with Gasteiger partial charge >= 0.3 is 6.03 Å². The molecule has 0 saturated carbocycles. The number of hydrogen-bond donors (Lipinski definition) is 2. The molecule has 0 spiro atoms. The Morgan fingerprint density at radius 1 is 1.09 bits per heavy atom. The summed E-state index contributed by atoms with van der Waals surface area (Å²) in [4.78, 5) is 36.2. The number of morpholine rings is 1. The average molecular weight is 445 g/mol. The van der Waals surface area contributed by atoms with Gasteiger partial charge in [-0.25, -0.2) is 9.78 Å². The molecule has 3 amide bonds. The lowest BCUT2D eigenvalue weighted by molar-refractivity contribution is -0.126. The summed E-state index contributed by atoms with van der Waals surface area (Å²) in [6, 6.07) is 4.16. The number of aromatic nitrogens is 1. The molecule has 1 aromatic heterocycles. The second-order valence-electron chi connectivity index (χ2n) is 8.87. The van der Waals surface area contributed by atoms with Crippen molar-refractivity contribution in [2.75, 3.05) is 69.2 Å². The van der Waals surface area contributed by atoms with Gasteiger partial charge in [-0.2, -0.15) is 0 Å². The molecule has 2 N–H and O–H groups in total. The van der Waals surface area contributed by atoms with Gasteiger partial charge in [-0.15, -0.1) is 0 Å². The van der Waals surface area contributed by atoms with Gasteiger partial charge in [0.2, 0.25) is 5.91 Å². The molecule has 0 aromatic carbocycles.